The minimum atomic E-state index is -0.533. The fourth-order valence-corrected chi connectivity index (χ4v) is 1.42. The number of hydroxylamine groups is 1. The second-order valence-electron chi connectivity index (χ2n) is 3.06. The molecular weight excluding hydrogens is 268 g/mol. The quantitative estimate of drug-likeness (QED) is 0.291. The Morgan fingerprint density at radius 1 is 1.67 bits per heavy atom. The molecule has 2 rings (SSSR count). The van der Waals surface area contributed by atoms with Crippen LogP contribution in [0.2, 0.25) is 0 Å². The topological polar surface area (TPSA) is 74.2 Å². The maximum absolute atomic E-state index is 11.1. The summed E-state index contributed by atoms with van der Waals surface area (Å²) in [4.78, 5) is 15.2. The van der Waals surface area contributed by atoms with E-state index in [0.717, 1.165) is 17.7 Å². The predicted octanol–water partition coefficient (Wildman–Crippen LogP) is -2.99. The van der Waals surface area contributed by atoms with Gasteiger partial charge in [0, 0.05) is 11.9 Å². The molecule has 0 saturated carbocycles. The van der Waals surface area contributed by atoms with Gasteiger partial charge < -0.3 is 5.32 Å². The summed E-state index contributed by atoms with van der Waals surface area (Å²) in [5.74, 6) is -0.533. The van der Waals surface area contributed by atoms with Crippen molar-refractivity contribution in [1.29, 1.82) is 0 Å². The third kappa shape index (κ3) is 3.15. The first-order valence-corrected chi connectivity index (χ1v) is 4.28. The van der Waals surface area contributed by atoms with Gasteiger partial charge in [-0.2, -0.15) is 0 Å². The molecule has 1 amide bonds. The van der Waals surface area contributed by atoms with Gasteiger partial charge in [0.05, 0.1) is 5.56 Å². The van der Waals surface area contributed by atoms with Crippen LogP contribution in [-0.4, -0.2) is 16.1 Å². The summed E-state index contributed by atoms with van der Waals surface area (Å²) >= 11 is 0. The standard InChI is InChI=1S/C9H10N3O2.Rb/c13-9(12-14)7-3-6-4-10-2-1-8(6)11-5-7;/h2-3,5,10,14H,1,4H2,(H,12,13);/q-1;+1. The van der Waals surface area contributed by atoms with E-state index >= 15 is 0 Å². The minimum absolute atomic E-state index is 0. The molecule has 0 aliphatic carbocycles. The summed E-state index contributed by atoms with van der Waals surface area (Å²) in [6, 6.07) is 1.73. The maximum Gasteiger partial charge on any atom is 1.00 e. The van der Waals surface area contributed by atoms with Gasteiger partial charge in [0.2, 0.25) is 0 Å². The van der Waals surface area contributed by atoms with E-state index in [1.807, 2.05) is 6.54 Å². The molecular formula is C9H10N3O2Rb. The van der Waals surface area contributed by atoms with E-state index in [1.54, 1.807) is 11.5 Å². The Bertz CT molecular complexity index is 370. The van der Waals surface area contributed by atoms with Crippen molar-refractivity contribution >= 4 is 5.91 Å². The molecule has 15 heavy (non-hydrogen) atoms. The molecule has 6 heteroatoms. The van der Waals surface area contributed by atoms with Gasteiger partial charge in [0.25, 0.3) is 5.91 Å². The number of carbonyl (C=O) groups excluding carboxylic acids is 1. The molecule has 1 aliphatic heterocycles. The van der Waals surface area contributed by atoms with E-state index in [0.29, 0.717) is 12.1 Å². The average Bonchev–Trinajstić information content (AvgIpc) is 2.27. The SMILES string of the molecule is O=C(NO)c1cnc2c(c1)CN[CH-]C2.[Rb+]. The third-order valence-electron chi connectivity index (χ3n) is 2.16. The molecule has 0 atom stereocenters. The Balaban J connectivity index is 0.00000112. The number of hydrogen-bond acceptors (Lipinski definition) is 4. The molecule has 0 bridgehead atoms. The van der Waals surface area contributed by atoms with Crippen LogP contribution >= 0.6 is 0 Å². The van der Waals surface area contributed by atoms with Gasteiger partial charge in [-0.25, -0.2) is 5.48 Å². The van der Waals surface area contributed by atoms with Crippen molar-refractivity contribution in [3.05, 3.63) is 35.6 Å². The number of pyridine rings is 1. The number of aromatic nitrogens is 1. The number of nitrogens with one attached hydrogen (secondary N) is 2. The molecule has 0 fully saturated rings. The van der Waals surface area contributed by atoms with Gasteiger partial charge in [-0.05, 0) is 18.2 Å². The number of fused-ring (bicyclic) bond motifs is 1. The molecule has 1 aliphatic rings. The normalized spacial score (nSPS) is 13.7. The average molecular weight is 278 g/mol. The van der Waals surface area contributed by atoms with Crippen molar-refractivity contribution in [2.24, 2.45) is 0 Å². The van der Waals surface area contributed by atoms with Crippen LogP contribution < -0.4 is 69.0 Å². The first-order chi connectivity index (χ1) is 6.81. The van der Waals surface area contributed by atoms with Crippen molar-refractivity contribution in [3.8, 4) is 0 Å². The minimum Gasteiger partial charge on any atom is -0.466 e. The molecule has 1 aromatic heterocycles. The Labute approximate surface area is 136 Å². The van der Waals surface area contributed by atoms with Gasteiger partial charge in [-0.15, -0.1) is 6.42 Å². The molecule has 3 N–H and O–H groups in total. The van der Waals surface area contributed by atoms with Crippen LogP contribution in [0.3, 0.4) is 0 Å². The van der Waals surface area contributed by atoms with Crippen molar-refractivity contribution in [1.82, 2.24) is 15.8 Å². The van der Waals surface area contributed by atoms with Crippen LogP contribution in [0, 0.1) is 6.54 Å². The molecule has 74 valence electrons. The summed E-state index contributed by atoms with van der Waals surface area (Å²) in [7, 11) is 0. The second kappa shape index (κ2) is 6.17. The van der Waals surface area contributed by atoms with E-state index in [4.69, 9.17) is 5.21 Å². The Morgan fingerprint density at radius 2 is 2.47 bits per heavy atom. The monoisotopic (exact) mass is 277 g/mol. The molecule has 0 spiro atoms. The fraction of sp³-hybridized carbons (Fsp3) is 0.222. The smallest absolute Gasteiger partial charge is 0.466 e. The summed E-state index contributed by atoms with van der Waals surface area (Å²) in [5, 5.41) is 11.5. The van der Waals surface area contributed by atoms with Crippen molar-refractivity contribution in [2.45, 2.75) is 13.0 Å². The number of hydrogen-bond donors (Lipinski definition) is 3. The Morgan fingerprint density at radius 3 is 3.20 bits per heavy atom. The fourth-order valence-electron chi connectivity index (χ4n) is 1.42. The second-order valence-corrected chi connectivity index (χ2v) is 3.06. The van der Waals surface area contributed by atoms with E-state index < -0.39 is 5.91 Å². The number of amides is 1. The number of carbonyl (C=O) groups is 1. The van der Waals surface area contributed by atoms with Crippen LogP contribution in [0.1, 0.15) is 21.6 Å². The summed E-state index contributed by atoms with van der Waals surface area (Å²) in [6.07, 6.45) is 2.22. The van der Waals surface area contributed by atoms with Gasteiger partial charge in [0.1, 0.15) is 0 Å². The molecule has 0 aromatic carbocycles. The van der Waals surface area contributed by atoms with Crippen LogP contribution in [0.4, 0.5) is 0 Å². The third-order valence-corrected chi connectivity index (χ3v) is 2.16. The predicted molar refractivity (Wildman–Crippen MR) is 48.3 cm³/mol. The van der Waals surface area contributed by atoms with Crippen LogP contribution in [0.25, 0.3) is 0 Å². The van der Waals surface area contributed by atoms with Gasteiger partial charge >= 0.3 is 58.2 Å². The summed E-state index contributed by atoms with van der Waals surface area (Å²) in [6.45, 7) is 2.61. The zero-order valence-corrected chi connectivity index (χ0v) is 13.4. The van der Waals surface area contributed by atoms with E-state index in [9.17, 15) is 4.79 Å². The van der Waals surface area contributed by atoms with Crippen LogP contribution in [0.5, 0.6) is 0 Å². The summed E-state index contributed by atoms with van der Waals surface area (Å²) in [5.41, 5.74) is 3.92. The first kappa shape index (κ1) is 13.4. The molecule has 5 nitrogen and oxygen atoms in total. The van der Waals surface area contributed by atoms with Crippen molar-refractivity contribution in [3.63, 3.8) is 0 Å². The van der Waals surface area contributed by atoms with Gasteiger partial charge in [-0.3, -0.25) is 21.5 Å². The summed E-state index contributed by atoms with van der Waals surface area (Å²) < 4.78 is 0. The number of rotatable bonds is 1. The van der Waals surface area contributed by atoms with E-state index in [1.165, 1.54) is 6.20 Å². The molecule has 2 heterocycles. The Hall–Kier alpha value is 0.345. The zero-order chi connectivity index (χ0) is 9.97. The van der Waals surface area contributed by atoms with Crippen molar-refractivity contribution < 1.29 is 68.2 Å². The molecule has 0 saturated heterocycles. The Kier molecular flexibility index (Phi) is 5.52. The van der Waals surface area contributed by atoms with Gasteiger partial charge in [-0.1, -0.05) is 0 Å². The van der Waals surface area contributed by atoms with Crippen molar-refractivity contribution in [2.75, 3.05) is 0 Å². The molecule has 0 radical (unpaired) electrons. The van der Waals surface area contributed by atoms with Crippen LogP contribution in [0.15, 0.2) is 12.3 Å². The molecule has 0 unspecified atom stereocenters. The first-order valence-electron chi connectivity index (χ1n) is 4.28. The molecule has 1 aromatic rings. The van der Waals surface area contributed by atoms with E-state index in [2.05, 4.69) is 10.3 Å². The van der Waals surface area contributed by atoms with E-state index in [-0.39, 0.29) is 58.2 Å². The maximum atomic E-state index is 11.1. The van der Waals surface area contributed by atoms with Gasteiger partial charge in [0.15, 0.2) is 0 Å². The largest absolute Gasteiger partial charge is 1.00 e. The van der Waals surface area contributed by atoms with Crippen LogP contribution in [-0.2, 0) is 13.0 Å². The number of nitrogens with zero attached hydrogens (tertiary/aromatic N) is 1. The zero-order valence-electron chi connectivity index (χ0n) is 8.45.